The second kappa shape index (κ2) is 5.49. The van der Waals surface area contributed by atoms with E-state index in [9.17, 15) is 4.79 Å². The summed E-state index contributed by atoms with van der Waals surface area (Å²) in [4.78, 5) is 12.5. The van der Waals surface area contributed by atoms with Gasteiger partial charge in [-0.05, 0) is 36.8 Å². The Bertz CT molecular complexity index is 618. The van der Waals surface area contributed by atoms with Crippen LogP contribution in [0.2, 0.25) is 0 Å². The Balaban J connectivity index is 1.78. The summed E-state index contributed by atoms with van der Waals surface area (Å²) in [5.74, 6) is 0.614. The van der Waals surface area contributed by atoms with Gasteiger partial charge in [0, 0.05) is 11.8 Å². The van der Waals surface area contributed by atoms with Crippen LogP contribution in [0.15, 0.2) is 30.3 Å². The van der Waals surface area contributed by atoms with Crippen molar-refractivity contribution in [1.82, 2.24) is 10.2 Å². The average Bonchev–Trinajstić information content (AvgIpc) is 2.94. The maximum absolute atomic E-state index is 12.5. The normalized spacial score (nSPS) is 17.6. The Morgan fingerprint density at radius 2 is 2.30 bits per heavy atom. The van der Waals surface area contributed by atoms with E-state index in [0.717, 1.165) is 31.4 Å². The van der Waals surface area contributed by atoms with Crippen LogP contribution < -0.4 is 5.32 Å². The van der Waals surface area contributed by atoms with Gasteiger partial charge in [0.1, 0.15) is 0 Å². The molecule has 20 heavy (non-hydrogen) atoms. The minimum absolute atomic E-state index is 0.0475. The van der Waals surface area contributed by atoms with Crippen molar-refractivity contribution >= 4 is 11.7 Å². The molecule has 1 aliphatic rings. The lowest BCUT2D eigenvalue weighted by molar-refractivity contribution is -0.117. The molecule has 0 fully saturated rings. The van der Waals surface area contributed by atoms with E-state index >= 15 is 0 Å². The van der Waals surface area contributed by atoms with E-state index in [0.29, 0.717) is 5.82 Å². The molecule has 3 rings (SSSR count). The molecule has 1 aliphatic carbocycles. The molecule has 1 amide bonds. The first-order valence-corrected chi connectivity index (χ1v) is 7.21. The van der Waals surface area contributed by atoms with Crippen LogP contribution in [0.25, 0.3) is 0 Å². The molecule has 1 unspecified atom stereocenters. The van der Waals surface area contributed by atoms with Gasteiger partial charge in [0.2, 0.25) is 5.91 Å². The number of amides is 1. The van der Waals surface area contributed by atoms with E-state index in [1.54, 1.807) is 0 Å². The lowest BCUT2D eigenvalue weighted by Crippen LogP contribution is -2.24. The predicted octanol–water partition coefficient (Wildman–Crippen LogP) is 3.03. The lowest BCUT2D eigenvalue weighted by Gasteiger charge is -2.24. The quantitative estimate of drug-likeness (QED) is 0.899. The van der Waals surface area contributed by atoms with Gasteiger partial charge in [-0.3, -0.25) is 9.89 Å². The molecule has 1 aromatic heterocycles. The summed E-state index contributed by atoms with van der Waals surface area (Å²) in [5.41, 5.74) is 3.50. The second-order valence-corrected chi connectivity index (χ2v) is 5.26. The van der Waals surface area contributed by atoms with Crippen LogP contribution in [0.5, 0.6) is 0 Å². The number of aromatic amines is 1. The van der Waals surface area contributed by atoms with E-state index in [4.69, 9.17) is 0 Å². The Labute approximate surface area is 118 Å². The van der Waals surface area contributed by atoms with Gasteiger partial charge in [-0.25, -0.2) is 0 Å². The van der Waals surface area contributed by atoms with E-state index in [2.05, 4.69) is 34.6 Å². The van der Waals surface area contributed by atoms with Crippen molar-refractivity contribution < 1.29 is 4.79 Å². The van der Waals surface area contributed by atoms with Crippen molar-refractivity contribution in [1.29, 1.82) is 0 Å². The number of hydrogen-bond acceptors (Lipinski definition) is 2. The van der Waals surface area contributed by atoms with Crippen molar-refractivity contribution in [3.05, 3.63) is 47.2 Å². The Kier molecular flexibility index (Phi) is 3.54. The zero-order valence-electron chi connectivity index (χ0n) is 11.6. The number of nitrogens with one attached hydrogen (secondary N) is 2. The lowest BCUT2D eigenvalue weighted by atomic mass is 9.82. The highest BCUT2D eigenvalue weighted by atomic mass is 16.2. The first kappa shape index (κ1) is 12.9. The number of fused-ring (bicyclic) bond motifs is 1. The van der Waals surface area contributed by atoms with Gasteiger partial charge in [-0.15, -0.1) is 0 Å². The summed E-state index contributed by atoms with van der Waals surface area (Å²) in [6, 6.07) is 10.1. The van der Waals surface area contributed by atoms with Gasteiger partial charge in [0.15, 0.2) is 5.82 Å². The monoisotopic (exact) mass is 269 g/mol. The number of rotatable bonds is 3. The number of aryl methyl sites for hydroxylation is 2. The highest BCUT2D eigenvalue weighted by molar-refractivity contribution is 5.95. The highest BCUT2D eigenvalue weighted by Crippen LogP contribution is 2.32. The van der Waals surface area contributed by atoms with Crippen molar-refractivity contribution in [2.45, 2.75) is 38.5 Å². The summed E-state index contributed by atoms with van der Waals surface area (Å²) < 4.78 is 0. The first-order chi connectivity index (χ1) is 9.78. The van der Waals surface area contributed by atoms with Crippen LogP contribution in [-0.2, 0) is 17.6 Å². The number of aromatic nitrogens is 2. The number of carbonyl (C=O) groups is 1. The van der Waals surface area contributed by atoms with Gasteiger partial charge in [-0.1, -0.05) is 31.2 Å². The molecule has 0 radical (unpaired) electrons. The number of hydrogen-bond donors (Lipinski definition) is 2. The maximum atomic E-state index is 12.5. The molecular weight excluding hydrogens is 250 g/mol. The molecule has 1 aromatic carbocycles. The van der Waals surface area contributed by atoms with Crippen LogP contribution >= 0.6 is 0 Å². The van der Waals surface area contributed by atoms with Gasteiger partial charge in [0.25, 0.3) is 0 Å². The second-order valence-electron chi connectivity index (χ2n) is 5.26. The molecule has 1 heterocycles. The molecule has 0 bridgehead atoms. The number of benzene rings is 1. The summed E-state index contributed by atoms with van der Waals surface area (Å²) in [6.45, 7) is 2.05. The summed E-state index contributed by atoms with van der Waals surface area (Å²) in [5, 5.41) is 9.96. The number of nitrogens with zero attached hydrogens (tertiary/aromatic N) is 1. The molecule has 0 aliphatic heterocycles. The van der Waals surface area contributed by atoms with E-state index in [-0.39, 0.29) is 11.8 Å². The topological polar surface area (TPSA) is 57.8 Å². The Morgan fingerprint density at radius 1 is 1.45 bits per heavy atom. The molecule has 4 nitrogen and oxygen atoms in total. The van der Waals surface area contributed by atoms with E-state index in [1.165, 1.54) is 11.1 Å². The summed E-state index contributed by atoms with van der Waals surface area (Å²) >= 11 is 0. The van der Waals surface area contributed by atoms with E-state index in [1.807, 2.05) is 18.2 Å². The molecular formula is C16H19N3O. The zero-order valence-corrected chi connectivity index (χ0v) is 11.6. The van der Waals surface area contributed by atoms with Crippen molar-refractivity contribution in [2.75, 3.05) is 5.32 Å². The third kappa shape index (κ3) is 2.46. The fourth-order valence-corrected chi connectivity index (χ4v) is 2.85. The first-order valence-electron chi connectivity index (χ1n) is 7.21. The maximum Gasteiger partial charge on any atom is 0.233 e. The summed E-state index contributed by atoms with van der Waals surface area (Å²) in [7, 11) is 0. The minimum atomic E-state index is -0.0540. The molecule has 104 valence electrons. The fraction of sp³-hybridized carbons (Fsp3) is 0.375. The van der Waals surface area contributed by atoms with Crippen LogP contribution in [0.3, 0.4) is 0 Å². The number of anilines is 1. The van der Waals surface area contributed by atoms with Crippen LogP contribution in [0, 0.1) is 0 Å². The molecule has 0 saturated carbocycles. The largest absolute Gasteiger partial charge is 0.309 e. The number of carbonyl (C=O) groups excluding carboxylic acids is 1. The van der Waals surface area contributed by atoms with Crippen LogP contribution in [-0.4, -0.2) is 16.1 Å². The highest BCUT2D eigenvalue weighted by Gasteiger charge is 2.26. The van der Waals surface area contributed by atoms with Gasteiger partial charge < -0.3 is 5.32 Å². The average molecular weight is 269 g/mol. The van der Waals surface area contributed by atoms with Gasteiger partial charge in [-0.2, -0.15) is 5.10 Å². The molecule has 1 atom stereocenters. The molecule has 2 aromatic rings. The number of H-pyrrole nitrogens is 1. The van der Waals surface area contributed by atoms with E-state index < -0.39 is 0 Å². The van der Waals surface area contributed by atoms with Gasteiger partial charge in [0.05, 0.1) is 5.92 Å². The third-order valence-electron chi connectivity index (χ3n) is 3.95. The molecule has 0 saturated heterocycles. The smallest absolute Gasteiger partial charge is 0.233 e. The predicted molar refractivity (Wildman–Crippen MR) is 78.7 cm³/mol. The van der Waals surface area contributed by atoms with Gasteiger partial charge >= 0.3 is 0 Å². The Hall–Kier alpha value is -2.10. The standard InChI is InChI=1S/C16H19N3O/c1-2-12-10-15(19-18-12)17-16(20)14-9-5-7-11-6-3-4-8-13(11)14/h3-4,6,8,10,14H,2,5,7,9H2,1H3,(H2,17,18,19,20). The van der Waals surface area contributed by atoms with Crippen molar-refractivity contribution in [3.8, 4) is 0 Å². The molecule has 2 N–H and O–H groups in total. The van der Waals surface area contributed by atoms with Crippen molar-refractivity contribution in [3.63, 3.8) is 0 Å². The minimum Gasteiger partial charge on any atom is -0.309 e. The van der Waals surface area contributed by atoms with Crippen molar-refractivity contribution in [2.24, 2.45) is 0 Å². The van der Waals surface area contributed by atoms with Crippen LogP contribution in [0.1, 0.15) is 42.5 Å². The Morgan fingerprint density at radius 3 is 3.10 bits per heavy atom. The SMILES string of the molecule is CCc1cc(NC(=O)C2CCCc3ccccc32)n[nH]1. The summed E-state index contributed by atoms with van der Waals surface area (Å²) in [6.07, 6.45) is 3.93. The third-order valence-corrected chi connectivity index (χ3v) is 3.95. The molecule has 0 spiro atoms. The fourth-order valence-electron chi connectivity index (χ4n) is 2.85. The van der Waals surface area contributed by atoms with Crippen LogP contribution in [0.4, 0.5) is 5.82 Å². The molecule has 4 heteroatoms. The zero-order chi connectivity index (χ0) is 13.9.